The van der Waals surface area contributed by atoms with Gasteiger partial charge in [-0.15, -0.1) is 0 Å². The average molecular weight is 256 g/mol. The maximum Gasteiger partial charge on any atom is 0.208 e. The van der Waals surface area contributed by atoms with Crippen LogP contribution in [0, 0.1) is 6.92 Å². The third-order valence-corrected chi connectivity index (χ3v) is 3.55. The number of para-hydroxylation sites is 1. The van der Waals surface area contributed by atoms with Crippen LogP contribution in [-0.2, 0) is 0 Å². The first kappa shape index (κ1) is 11.0. The average Bonchev–Trinajstić information content (AvgIpc) is 2.77. The molecule has 2 aromatic carbocycles. The van der Waals surface area contributed by atoms with Gasteiger partial charge in [0.05, 0.1) is 16.6 Å². The molecule has 0 saturated heterocycles. The number of benzene rings is 2. The first-order chi connectivity index (χ1) is 8.75. The molecular weight excluding hydrogens is 244 g/mol. The molecule has 0 saturated carbocycles. The van der Waals surface area contributed by atoms with Gasteiger partial charge in [-0.2, -0.15) is 4.37 Å². The fourth-order valence-electron chi connectivity index (χ4n) is 1.85. The highest BCUT2D eigenvalue weighted by atomic mass is 32.1. The van der Waals surface area contributed by atoms with Crippen molar-refractivity contribution in [2.24, 2.45) is 0 Å². The summed E-state index contributed by atoms with van der Waals surface area (Å²) in [7, 11) is 0. The van der Waals surface area contributed by atoms with E-state index in [0.717, 1.165) is 21.5 Å². The first-order valence-electron chi connectivity index (χ1n) is 5.63. The van der Waals surface area contributed by atoms with Crippen molar-refractivity contribution in [2.45, 2.75) is 6.92 Å². The highest BCUT2D eigenvalue weighted by molar-refractivity contribution is 7.09. The lowest BCUT2D eigenvalue weighted by atomic mass is 10.2. The van der Waals surface area contributed by atoms with Crippen molar-refractivity contribution in [3.63, 3.8) is 0 Å². The van der Waals surface area contributed by atoms with E-state index in [0.29, 0.717) is 11.4 Å². The SMILES string of the molecule is Cc1cccc(N)c1Oc1snc2ccccc12. The zero-order chi connectivity index (χ0) is 12.5. The third kappa shape index (κ3) is 1.80. The number of nitrogens with zero attached hydrogens (tertiary/aromatic N) is 1. The van der Waals surface area contributed by atoms with E-state index < -0.39 is 0 Å². The number of hydrogen-bond acceptors (Lipinski definition) is 4. The molecule has 0 unspecified atom stereocenters. The van der Waals surface area contributed by atoms with E-state index in [4.69, 9.17) is 10.5 Å². The van der Waals surface area contributed by atoms with Gasteiger partial charge in [-0.3, -0.25) is 0 Å². The van der Waals surface area contributed by atoms with Crippen LogP contribution in [0.1, 0.15) is 5.56 Å². The number of rotatable bonds is 2. The molecule has 0 fully saturated rings. The molecule has 90 valence electrons. The lowest BCUT2D eigenvalue weighted by molar-refractivity contribution is 0.500. The number of fused-ring (bicyclic) bond motifs is 1. The predicted molar refractivity (Wildman–Crippen MR) is 75.3 cm³/mol. The van der Waals surface area contributed by atoms with Gasteiger partial charge in [0.2, 0.25) is 5.06 Å². The van der Waals surface area contributed by atoms with Gasteiger partial charge in [-0.1, -0.05) is 24.3 Å². The van der Waals surface area contributed by atoms with Crippen LogP contribution in [0.4, 0.5) is 5.69 Å². The minimum absolute atomic E-state index is 0.646. The number of nitrogen functional groups attached to an aromatic ring is 1. The standard InChI is InChI=1S/C14H12N2OS/c1-9-5-4-7-11(15)13(9)17-14-10-6-2-3-8-12(10)16-18-14/h2-8H,15H2,1H3. The van der Waals surface area contributed by atoms with Crippen LogP contribution in [0.2, 0.25) is 0 Å². The fourth-order valence-corrected chi connectivity index (χ4v) is 2.58. The Bertz CT molecular complexity index is 686. The van der Waals surface area contributed by atoms with Crippen molar-refractivity contribution in [1.29, 1.82) is 0 Å². The number of nitrogens with two attached hydrogens (primary N) is 1. The Morgan fingerprint density at radius 3 is 2.78 bits per heavy atom. The molecule has 0 aliphatic carbocycles. The van der Waals surface area contributed by atoms with Gasteiger partial charge < -0.3 is 10.5 Å². The molecule has 0 spiro atoms. The van der Waals surface area contributed by atoms with Crippen molar-refractivity contribution in [2.75, 3.05) is 5.73 Å². The zero-order valence-electron chi connectivity index (χ0n) is 9.88. The van der Waals surface area contributed by atoms with E-state index >= 15 is 0 Å². The van der Waals surface area contributed by atoms with E-state index in [1.165, 1.54) is 11.5 Å². The van der Waals surface area contributed by atoms with Crippen LogP contribution in [0.15, 0.2) is 42.5 Å². The summed E-state index contributed by atoms with van der Waals surface area (Å²) in [4.78, 5) is 0. The summed E-state index contributed by atoms with van der Waals surface area (Å²) in [5, 5.41) is 1.80. The smallest absolute Gasteiger partial charge is 0.208 e. The van der Waals surface area contributed by atoms with Crippen LogP contribution in [0.5, 0.6) is 10.8 Å². The molecule has 4 heteroatoms. The summed E-state index contributed by atoms with van der Waals surface area (Å²) in [6.07, 6.45) is 0. The second-order valence-corrected chi connectivity index (χ2v) is 4.82. The summed E-state index contributed by atoms with van der Waals surface area (Å²) < 4.78 is 10.3. The topological polar surface area (TPSA) is 48.1 Å². The van der Waals surface area contributed by atoms with Gasteiger partial charge in [-0.25, -0.2) is 0 Å². The molecule has 1 aromatic heterocycles. The summed E-state index contributed by atoms with van der Waals surface area (Å²) in [6.45, 7) is 1.98. The van der Waals surface area contributed by atoms with Crippen LogP contribution < -0.4 is 10.5 Å². The largest absolute Gasteiger partial charge is 0.442 e. The van der Waals surface area contributed by atoms with Gasteiger partial charge in [0.1, 0.15) is 0 Å². The highest BCUT2D eigenvalue weighted by Gasteiger charge is 2.11. The van der Waals surface area contributed by atoms with Crippen molar-refractivity contribution >= 4 is 28.1 Å². The summed E-state index contributed by atoms with van der Waals surface area (Å²) >= 11 is 1.35. The molecule has 0 atom stereocenters. The van der Waals surface area contributed by atoms with E-state index in [1.807, 2.05) is 49.4 Å². The summed E-state index contributed by atoms with van der Waals surface area (Å²) in [5.41, 5.74) is 8.56. The summed E-state index contributed by atoms with van der Waals surface area (Å²) in [5.74, 6) is 0.715. The molecular formula is C14H12N2OS. The number of ether oxygens (including phenoxy) is 1. The fraction of sp³-hybridized carbons (Fsp3) is 0.0714. The Balaban J connectivity index is 2.07. The lowest BCUT2D eigenvalue weighted by Crippen LogP contribution is -1.93. The lowest BCUT2D eigenvalue weighted by Gasteiger charge is -2.09. The van der Waals surface area contributed by atoms with Gasteiger partial charge in [0, 0.05) is 11.5 Å². The number of aryl methyl sites for hydroxylation is 1. The summed E-state index contributed by atoms with van der Waals surface area (Å²) in [6, 6.07) is 13.7. The Kier molecular flexibility index (Phi) is 2.64. The molecule has 3 aromatic rings. The molecule has 18 heavy (non-hydrogen) atoms. The molecule has 1 heterocycles. The van der Waals surface area contributed by atoms with E-state index in [1.54, 1.807) is 0 Å². The Morgan fingerprint density at radius 1 is 1.11 bits per heavy atom. The van der Waals surface area contributed by atoms with Gasteiger partial charge in [0.25, 0.3) is 0 Å². The highest BCUT2D eigenvalue weighted by Crippen LogP contribution is 2.37. The van der Waals surface area contributed by atoms with Crippen molar-refractivity contribution in [1.82, 2.24) is 4.37 Å². The van der Waals surface area contributed by atoms with Crippen LogP contribution in [0.3, 0.4) is 0 Å². The second kappa shape index (κ2) is 4.31. The molecule has 0 bridgehead atoms. The van der Waals surface area contributed by atoms with Crippen LogP contribution in [0.25, 0.3) is 10.9 Å². The normalized spacial score (nSPS) is 10.7. The first-order valence-corrected chi connectivity index (χ1v) is 6.40. The van der Waals surface area contributed by atoms with E-state index in [9.17, 15) is 0 Å². The molecule has 3 rings (SSSR count). The third-order valence-electron chi connectivity index (χ3n) is 2.79. The molecule has 0 amide bonds. The van der Waals surface area contributed by atoms with Crippen molar-refractivity contribution in [3.05, 3.63) is 48.0 Å². The maximum atomic E-state index is 5.94. The minimum Gasteiger partial charge on any atom is -0.442 e. The maximum absolute atomic E-state index is 5.94. The number of aromatic nitrogens is 1. The van der Waals surface area contributed by atoms with Gasteiger partial charge in [0.15, 0.2) is 5.75 Å². The zero-order valence-corrected chi connectivity index (χ0v) is 10.7. The van der Waals surface area contributed by atoms with E-state index in [-0.39, 0.29) is 0 Å². The van der Waals surface area contributed by atoms with Crippen LogP contribution >= 0.6 is 11.5 Å². The monoisotopic (exact) mass is 256 g/mol. The molecule has 0 aliphatic rings. The Hall–Kier alpha value is -2.07. The number of anilines is 1. The Morgan fingerprint density at radius 2 is 1.94 bits per heavy atom. The second-order valence-electron chi connectivity index (χ2n) is 4.08. The van der Waals surface area contributed by atoms with Gasteiger partial charge in [-0.05, 0) is 30.7 Å². The van der Waals surface area contributed by atoms with Gasteiger partial charge >= 0.3 is 0 Å². The minimum atomic E-state index is 0.646. The predicted octanol–water partition coefficient (Wildman–Crippen LogP) is 3.98. The van der Waals surface area contributed by atoms with E-state index in [2.05, 4.69) is 4.37 Å². The quantitative estimate of drug-likeness (QED) is 0.705. The van der Waals surface area contributed by atoms with Crippen molar-refractivity contribution < 1.29 is 4.74 Å². The van der Waals surface area contributed by atoms with Crippen LogP contribution in [-0.4, -0.2) is 4.37 Å². The Labute approximate surface area is 109 Å². The molecule has 0 radical (unpaired) electrons. The molecule has 0 aliphatic heterocycles. The molecule has 2 N–H and O–H groups in total. The number of hydrogen-bond donors (Lipinski definition) is 1. The van der Waals surface area contributed by atoms with Crippen molar-refractivity contribution in [3.8, 4) is 10.8 Å². The molecule has 3 nitrogen and oxygen atoms in total.